The lowest BCUT2D eigenvalue weighted by Crippen LogP contribution is -2.35. The number of halogens is 10. The molecule has 0 aliphatic heterocycles. The third-order valence-electron chi connectivity index (χ3n) is 3.94. The minimum Gasteiger partial charge on any atom is -0.305 e. The quantitative estimate of drug-likeness (QED) is 0.485. The van der Waals surface area contributed by atoms with Gasteiger partial charge in [-0.05, 0) is 30.3 Å². The van der Waals surface area contributed by atoms with Crippen molar-refractivity contribution in [2.24, 2.45) is 0 Å². The summed E-state index contributed by atoms with van der Waals surface area (Å²) < 4.78 is 133. The number of rotatable bonds is 5. The first-order chi connectivity index (χ1) is 14.7. The van der Waals surface area contributed by atoms with E-state index in [4.69, 9.17) is 0 Å². The zero-order valence-corrected chi connectivity index (χ0v) is 15.9. The van der Waals surface area contributed by atoms with E-state index < -0.39 is 72.6 Å². The molecule has 0 aromatic heterocycles. The van der Waals surface area contributed by atoms with Gasteiger partial charge in [-0.15, -0.1) is 0 Å². The van der Waals surface area contributed by atoms with E-state index in [9.17, 15) is 53.5 Å². The van der Waals surface area contributed by atoms with E-state index in [0.29, 0.717) is 12.1 Å². The Hall–Kier alpha value is -2.97. The molecule has 0 aliphatic rings. The van der Waals surface area contributed by atoms with Crippen molar-refractivity contribution in [3.63, 3.8) is 0 Å². The summed E-state index contributed by atoms with van der Waals surface area (Å²) >= 11 is 0. The molecule has 32 heavy (non-hydrogen) atoms. The monoisotopic (exact) mass is 496 g/mol. The molecule has 2 rings (SSSR count). The summed E-state index contributed by atoms with van der Waals surface area (Å²) in [5.74, 6) is -15.3. The highest BCUT2D eigenvalue weighted by atomic mass is 32.3. The molecule has 4 nitrogen and oxygen atoms in total. The zero-order valence-electron chi connectivity index (χ0n) is 15.1. The van der Waals surface area contributed by atoms with Crippen molar-refractivity contribution < 1.29 is 53.5 Å². The zero-order chi connectivity index (χ0) is 24.4. The third kappa shape index (κ3) is 4.61. The maximum absolute atomic E-state index is 14.2. The molecular weight excluding hydrogens is 486 g/mol. The lowest BCUT2D eigenvalue weighted by Gasteiger charge is -2.39. The second-order valence-corrected chi connectivity index (χ2v) is 8.89. The molecule has 2 N–H and O–H groups in total. The van der Waals surface area contributed by atoms with Crippen LogP contribution in [0, 0.1) is 17.5 Å². The van der Waals surface area contributed by atoms with Gasteiger partial charge in [-0.1, -0.05) is 6.07 Å². The van der Waals surface area contributed by atoms with Gasteiger partial charge in [-0.3, -0.25) is 10.1 Å². The molecule has 0 heterocycles. The number of alkyl halides is 7. The summed E-state index contributed by atoms with van der Waals surface area (Å²) in [5, 5.41) is 3.00. The van der Waals surface area contributed by atoms with Gasteiger partial charge < -0.3 is 5.32 Å². The van der Waals surface area contributed by atoms with Gasteiger partial charge >= 0.3 is 11.5 Å². The van der Waals surface area contributed by atoms with E-state index in [1.165, 1.54) is 5.32 Å². The number of nitrogens with one attached hydrogen (secondary N) is 2. The summed E-state index contributed by atoms with van der Waals surface area (Å²) in [7, 11) is -6.13. The van der Waals surface area contributed by atoms with E-state index in [-0.39, 0.29) is 18.2 Å². The Morgan fingerprint density at radius 1 is 0.844 bits per heavy atom. The van der Waals surface area contributed by atoms with Crippen LogP contribution in [0.5, 0.6) is 0 Å². The van der Waals surface area contributed by atoms with Crippen LogP contribution in [0.4, 0.5) is 54.4 Å². The van der Waals surface area contributed by atoms with E-state index in [0.717, 1.165) is 6.07 Å². The number of amides is 3. The smallest absolute Gasteiger partial charge is 0.305 e. The number of carbonyl (C=O) groups is 2. The maximum Gasteiger partial charge on any atom is 0.439 e. The van der Waals surface area contributed by atoms with E-state index in [1.807, 2.05) is 0 Å². The van der Waals surface area contributed by atoms with Crippen molar-refractivity contribution in [3.8, 4) is 0 Å². The van der Waals surface area contributed by atoms with Crippen molar-refractivity contribution in [1.82, 2.24) is 5.32 Å². The molecule has 0 spiro atoms. The fourth-order valence-electron chi connectivity index (χ4n) is 2.46. The molecule has 0 unspecified atom stereocenters. The fourth-order valence-corrected chi connectivity index (χ4v) is 4.29. The number of urea groups is 1. The lowest BCUT2D eigenvalue weighted by molar-refractivity contribution is -0.0476. The molecule has 0 bridgehead atoms. The SMILES string of the molecule is O=C(NC(=O)c1c(F)cccc1F)Nc1ccc(S(C(F)F)(C(F)F)C(F)(F)F)cc1F. The average molecular weight is 496 g/mol. The molecule has 0 saturated carbocycles. The van der Waals surface area contributed by atoms with Gasteiger partial charge in [0.15, 0.2) is 0 Å². The standard InChI is InChI=1S/C17H10F10N2O2S/c18-8-2-1-3-9(19)12(8)13(30)29-16(31)28-11-5-4-7(6-10(11)20)32(14(21)22,15(23)24)17(25,26)27/h1-6,14-15H,(H2,28,29,30,31). The van der Waals surface area contributed by atoms with Crippen LogP contribution in [0.25, 0.3) is 0 Å². The molecule has 0 fully saturated rings. The van der Waals surface area contributed by atoms with E-state index in [2.05, 4.69) is 0 Å². The molecule has 2 aromatic carbocycles. The summed E-state index contributed by atoms with van der Waals surface area (Å²) in [5.41, 5.74) is -8.26. The van der Waals surface area contributed by atoms with Crippen LogP contribution in [0.2, 0.25) is 0 Å². The van der Waals surface area contributed by atoms with Crippen LogP contribution >= 0.6 is 10.0 Å². The molecule has 0 aliphatic carbocycles. The van der Waals surface area contributed by atoms with Crippen LogP contribution in [0.3, 0.4) is 0 Å². The maximum atomic E-state index is 14.2. The van der Waals surface area contributed by atoms with Gasteiger partial charge in [-0.25, -0.2) is 18.0 Å². The van der Waals surface area contributed by atoms with Crippen LogP contribution in [0.1, 0.15) is 10.4 Å². The first-order valence-corrected chi connectivity index (χ1v) is 9.79. The Kier molecular flexibility index (Phi) is 7.32. The number of benzene rings is 2. The first kappa shape index (κ1) is 25.3. The Morgan fingerprint density at radius 2 is 1.38 bits per heavy atom. The molecule has 176 valence electrons. The van der Waals surface area contributed by atoms with Gasteiger partial charge in [0, 0.05) is 14.9 Å². The van der Waals surface area contributed by atoms with Crippen molar-refractivity contribution in [2.75, 3.05) is 5.32 Å². The highest BCUT2D eigenvalue weighted by Crippen LogP contribution is 2.74. The van der Waals surface area contributed by atoms with Crippen LogP contribution in [-0.2, 0) is 0 Å². The lowest BCUT2D eigenvalue weighted by atomic mass is 10.2. The number of imide groups is 1. The van der Waals surface area contributed by atoms with Crippen molar-refractivity contribution in [2.45, 2.75) is 21.9 Å². The third-order valence-corrected chi connectivity index (χ3v) is 6.86. The minimum atomic E-state index is -6.13. The molecular formula is C17H10F10N2O2S. The van der Waals surface area contributed by atoms with E-state index in [1.54, 1.807) is 5.32 Å². The van der Waals surface area contributed by atoms with Crippen LogP contribution in [-0.4, -0.2) is 29.0 Å². The molecule has 2 aromatic rings. The summed E-state index contributed by atoms with van der Waals surface area (Å²) in [4.78, 5) is 21.8. The van der Waals surface area contributed by atoms with Crippen LogP contribution < -0.4 is 10.6 Å². The van der Waals surface area contributed by atoms with Crippen molar-refractivity contribution in [3.05, 3.63) is 59.4 Å². The number of hydrogen-bond acceptors (Lipinski definition) is 2. The molecule has 15 heteroatoms. The Bertz CT molecular complexity index is 1000. The Morgan fingerprint density at radius 3 is 1.81 bits per heavy atom. The largest absolute Gasteiger partial charge is 0.439 e. The van der Waals surface area contributed by atoms with Gasteiger partial charge in [0.25, 0.3) is 17.4 Å². The second-order valence-electron chi connectivity index (χ2n) is 5.82. The number of hydrogen-bond donors (Lipinski definition) is 2. The second kappa shape index (κ2) is 9.26. The number of carbonyl (C=O) groups excluding carboxylic acids is 2. The fraction of sp³-hybridized carbons (Fsp3) is 0.176. The molecule has 0 atom stereocenters. The van der Waals surface area contributed by atoms with Gasteiger partial charge in [0.1, 0.15) is 23.0 Å². The van der Waals surface area contributed by atoms with Gasteiger partial charge in [0.2, 0.25) is 0 Å². The van der Waals surface area contributed by atoms with Crippen LogP contribution in [0.15, 0.2) is 41.3 Å². The highest BCUT2D eigenvalue weighted by molar-refractivity contribution is 8.34. The normalized spacial score (nSPS) is 12.8. The number of anilines is 1. The van der Waals surface area contributed by atoms with Crippen molar-refractivity contribution >= 4 is 27.7 Å². The highest BCUT2D eigenvalue weighted by Gasteiger charge is 2.63. The molecule has 0 saturated heterocycles. The topological polar surface area (TPSA) is 58.2 Å². The van der Waals surface area contributed by atoms with Crippen molar-refractivity contribution in [1.29, 1.82) is 0 Å². The Balaban J connectivity index is 2.30. The Labute approximate surface area is 173 Å². The van der Waals surface area contributed by atoms with Gasteiger partial charge in [-0.2, -0.15) is 30.7 Å². The first-order valence-electron chi connectivity index (χ1n) is 8.03. The molecule has 0 radical (unpaired) electrons. The minimum absolute atomic E-state index is 0.123. The molecule has 3 amide bonds. The predicted octanol–water partition coefficient (Wildman–Crippen LogP) is 6.19. The summed E-state index contributed by atoms with van der Waals surface area (Å²) in [6.07, 6.45) is 0. The van der Waals surface area contributed by atoms with Gasteiger partial charge in [0.05, 0.1) is 5.69 Å². The average Bonchev–Trinajstić information content (AvgIpc) is 2.62. The summed E-state index contributed by atoms with van der Waals surface area (Å²) in [6.45, 7) is 0. The predicted molar refractivity (Wildman–Crippen MR) is 93.2 cm³/mol. The van der Waals surface area contributed by atoms with E-state index >= 15 is 0 Å². The summed E-state index contributed by atoms with van der Waals surface area (Å²) in [6, 6.07) is 0.858.